The molecule has 0 rings (SSSR count). The summed E-state index contributed by atoms with van der Waals surface area (Å²) in [6.07, 6.45) is -7.23. The van der Waals surface area contributed by atoms with Crippen molar-refractivity contribution in [3.8, 4) is 0 Å². The smallest absolute Gasteiger partial charge is 0.326 e. The third-order valence-corrected chi connectivity index (χ3v) is 3.90. The highest BCUT2D eigenvalue weighted by molar-refractivity contribution is 5.06. The van der Waals surface area contributed by atoms with Crippen LogP contribution in [-0.2, 0) is 0 Å². The van der Waals surface area contributed by atoms with Crippen LogP contribution in [0, 0.1) is 10.8 Å². The lowest BCUT2D eigenvalue weighted by Gasteiger charge is -2.43. The molecule has 0 aliphatic rings. The Morgan fingerprint density at radius 2 is 0.962 bits per heavy atom. The fourth-order valence-corrected chi connectivity index (χ4v) is 3.77. The Morgan fingerprint density at radius 1 is 0.654 bits per heavy atom. The van der Waals surface area contributed by atoms with Crippen molar-refractivity contribution in [2.24, 2.45) is 16.6 Å². The van der Waals surface area contributed by atoms with E-state index in [1.54, 1.807) is 19.9 Å². The maximum absolute atomic E-state index is 13.0. The van der Waals surface area contributed by atoms with E-state index in [1.165, 1.54) is 0 Å². The van der Waals surface area contributed by atoms with Crippen LogP contribution >= 0.6 is 0 Å². The minimum absolute atomic E-state index is 0.336. The Kier molecular flexibility index (Phi) is 7.12. The molecule has 0 bridgehead atoms. The van der Waals surface area contributed by atoms with Crippen LogP contribution in [-0.4, -0.2) is 28.6 Å². The van der Waals surface area contributed by atoms with E-state index < -0.39 is 34.0 Å². The third-order valence-electron chi connectivity index (χ3n) is 3.90. The van der Waals surface area contributed by atoms with Gasteiger partial charge < -0.3 is 5.73 Å². The summed E-state index contributed by atoms with van der Waals surface area (Å²) in [6, 6.07) is 0. The van der Waals surface area contributed by atoms with Gasteiger partial charge in [0.2, 0.25) is 0 Å². The molecule has 0 aromatic rings. The van der Waals surface area contributed by atoms with Crippen molar-refractivity contribution < 1.29 is 26.3 Å². The number of hydrogen-bond donors (Lipinski definition) is 1. The fourth-order valence-electron chi connectivity index (χ4n) is 3.77. The van der Waals surface area contributed by atoms with E-state index in [-0.39, 0.29) is 11.8 Å². The van der Waals surface area contributed by atoms with Crippen molar-refractivity contribution in [2.45, 2.75) is 91.9 Å². The Balaban J connectivity index is 5.54. The topological polar surface area (TPSA) is 29.3 Å². The van der Waals surface area contributed by atoms with Crippen LogP contribution in [0.15, 0.2) is 12.2 Å². The van der Waals surface area contributed by atoms with Gasteiger partial charge >= 0.3 is 12.6 Å². The van der Waals surface area contributed by atoms with Gasteiger partial charge in [0, 0.05) is 11.1 Å². The Hall–Kier alpha value is -0.760. The van der Waals surface area contributed by atoms with E-state index in [9.17, 15) is 26.3 Å². The molecule has 2 nitrogen and oxygen atoms in total. The maximum Gasteiger partial charge on any atom is 0.467 e. The zero-order valence-electron chi connectivity index (χ0n) is 16.9. The number of hydrogen-bond acceptors (Lipinski definition) is 2. The lowest BCUT2D eigenvalue weighted by Crippen LogP contribution is -2.60. The zero-order chi connectivity index (χ0) is 21.4. The minimum Gasteiger partial charge on any atom is -0.326 e. The zero-order valence-corrected chi connectivity index (χ0v) is 16.9. The van der Waals surface area contributed by atoms with Gasteiger partial charge in [-0.1, -0.05) is 39.8 Å². The number of alkyl halides is 6. The average Bonchev–Trinajstić information content (AvgIpc) is 2.15. The summed E-state index contributed by atoms with van der Waals surface area (Å²) in [7, 11) is 0. The molecular formula is C18H32F6N2. The first-order chi connectivity index (χ1) is 11.0. The van der Waals surface area contributed by atoms with Crippen LogP contribution in [0.25, 0.3) is 0 Å². The summed E-state index contributed by atoms with van der Waals surface area (Å²) >= 11 is 0. The third kappa shape index (κ3) is 8.75. The molecule has 0 amide bonds. The molecule has 0 unspecified atom stereocenters. The van der Waals surface area contributed by atoms with Crippen LogP contribution in [0.3, 0.4) is 0 Å². The molecular weight excluding hydrogens is 358 g/mol. The van der Waals surface area contributed by atoms with Crippen molar-refractivity contribution in [3.05, 3.63) is 12.2 Å². The second kappa shape index (κ2) is 7.34. The Morgan fingerprint density at radius 3 is 1.23 bits per heavy atom. The number of rotatable bonds is 7. The van der Waals surface area contributed by atoms with Crippen molar-refractivity contribution in [3.63, 3.8) is 0 Å². The molecule has 0 aromatic carbocycles. The lowest BCUT2D eigenvalue weighted by atomic mass is 9.75. The van der Waals surface area contributed by atoms with Crippen LogP contribution in [0.1, 0.15) is 68.2 Å². The van der Waals surface area contributed by atoms with Crippen LogP contribution in [0.5, 0.6) is 0 Å². The predicted octanol–water partition coefficient (Wildman–Crippen LogP) is 6.23. The van der Waals surface area contributed by atoms with Crippen molar-refractivity contribution in [1.29, 1.82) is 0 Å². The largest absolute Gasteiger partial charge is 0.467 e. The molecule has 0 spiro atoms. The second-order valence-corrected chi connectivity index (χ2v) is 9.74. The minimum atomic E-state index is -5.51. The van der Waals surface area contributed by atoms with Gasteiger partial charge in [0.1, 0.15) is 0 Å². The maximum atomic E-state index is 13.0. The normalized spacial score (nSPS) is 16.0. The van der Waals surface area contributed by atoms with E-state index in [0.717, 1.165) is 13.8 Å². The number of nitrogens with two attached hydrogens (primary N) is 1. The van der Waals surface area contributed by atoms with Gasteiger partial charge in [-0.25, -0.2) is 0 Å². The fraction of sp³-hybridized carbons (Fsp3) is 0.889. The van der Waals surface area contributed by atoms with Gasteiger partial charge in [-0.3, -0.25) is 0 Å². The van der Waals surface area contributed by atoms with E-state index in [4.69, 9.17) is 5.73 Å². The molecule has 26 heavy (non-hydrogen) atoms. The SMILES string of the molecule is CC(C)(N)CC(C)(C)/C=C/C(C)(C)CC(C)(C)N(C(F)(F)F)C(F)(F)F. The van der Waals surface area contributed by atoms with E-state index in [1.807, 2.05) is 33.8 Å². The molecule has 0 radical (unpaired) electrons. The van der Waals surface area contributed by atoms with Gasteiger partial charge in [-0.05, 0) is 51.4 Å². The van der Waals surface area contributed by atoms with Crippen LogP contribution < -0.4 is 5.73 Å². The summed E-state index contributed by atoms with van der Waals surface area (Å²) in [6.45, 7) is 12.7. The summed E-state index contributed by atoms with van der Waals surface area (Å²) in [4.78, 5) is -1.32. The monoisotopic (exact) mass is 390 g/mol. The molecule has 2 N–H and O–H groups in total. The molecule has 0 aliphatic heterocycles. The molecule has 0 atom stereocenters. The molecule has 0 aromatic heterocycles. The average molecular weight is 390 g/mol. The summed E-state index contributed by atoms with van der Waals surface area (Å²) in [5.74, 6) is 0. The first kappa shape index (κ1) is 25.2. The number of allylic oxidation sites excluding steroid dienone is 2. The van der Waals surface area contributed by atoms with Crippen LogP contribution in [0.2, 0.25) is 0 Å². The molecule has 0 heterocycles. The molecule has 0 fully saturated rings. The van der Waals surface area contributed by atoms with Crippen molar-refractivity contribution in [1.82, 2.24) is 4.90 Å². The molecule has 156 valence electrons. The summed E-state index contributed by atoms with van der Waals surface area (Å²) < 4.78 is 78.1. The first-order valence-corrected chi connectivity index (χ1v) is 8.42. The van der Waals surface area contributed by atoms with E-state index >= 15 is 0 Å². The van der Waals surface area contributed by atoms with Gasteiger partial charge in [0.15, 0.2) is 0 Å². The highest BCUT2D eigenvalue weighted by Gasteiger charge is 2.60. The number of halogens is 6. The van der Waals surface area contributed by atoms with Crippen molar-refractivity contribution in [2.75, 3.05) is 0 Å². The Labute approximate surface area is 152 Å². The van der Waals surface area contributed by atoms with E-state index in [2.05, 4.69) is 0 Å². The highest BCUT2D eigenvalue weighted by Crippen LogP contribution is 2.45. The first-order valence-electron chi connectivity index (χ1n) is 8.42. The van der Waals surface area contributed by atoms with Gasteiger partial charge in [0.05, 0.1) is 0 Å². The van der Waals surface area contributed by atoms with Gasteiger partial charge in [-0.15, -0.1) is 4.90 Å². The molecule has 8 heteroatoms. The second-order valence-electron chi connectivity index (χ2n) is 9.74. The van der Waals surface area contributed by atoms with Crippen LogP contribution in [0.4, 0.5) is 26.3 Å². The summed E-state index contributed by atoms with van der Waals surface area (Å²) in [5.41, 5.74) is 2.18. The lowest BCUT2D eigenvalue weighted by molar-refractivity contribution is -0.399. The predicted molar refractivity (Wildman–Crippen MR) is 92.2 cm³/mol. The van der Waals surface area contributed by atoms with Crippen molar-refractivity contribution >= 4 is 0 Å². The molecule has 0 saturated heterocycles. The summed E-state index contributed by atoms with van der Waals surface area (Å²) in [5, 5.41) is 0. The quantitative estimate of drug-likeness (QED) is 0.317. The molecule has 0 aliphatic carbocycles. The Bertz CT molecular complexity index is 479. The molecule has 0 saturated carbocycles. The highest BCUT2D eigenvalue weighted by atomic mass is 19.4. The van der Waals surface area contributed by atoms with Gasteiger partial charge in [0.25, 0.3) is 0 Å². The standard InChI is InChI=1S/C18H32F6N2/c1-13(2,11-15(5,6)25)9-10-14(3,4)12-16(7,8)26(17(19,20)21)18(22,23)24/h9-10H,11-12,25H2,1-8H3/b10-9+. The van der Waals surface area contributed by atoms with Gasteiger partial charge in [-0.2, -0.15) is 26.3 Å². The number of nitrogens with zero attached hydrogens (tertiary/aromatic N) is 1. The van der Waals surface area contributed by atoms with E-state index in [0.29, 0.717) is 6.42 Å².